The lowest BCUT2D eigenvalue weighted by Gasteiger charge is -2.13. The van der Waals surface area contributed by atoms with Crippen LogP contribution in [0.2, 0.25) is 5.02 Å². The van der Waals surface area contributed by atoms with Gasteiger partial charge in [0.05, 0.1) is 22.6 Å². The van der Waals surface area contributed by atoms with Crippen LogP contribution in [0.3, 0.4) is 0 Å². The standard InChI is InChI=1S/C19H17ClN2O/c1-12-14-7-3-5-9-17(14)21-13(2)15(12)11-19(23)22-18-10-6-4-8-16(18)20/h3-10H,11H2,1-2H3,(H,22,23). The number of aromatic nitrogens is 1. The topological polar surface area (TPSA) is 42.0 Å². The molecule has 1 aromatic heterocycles. The molecule has 0 radical (unpaired) electrons. The van der Waals surface area contributed by atoms with E-state index < -0.39 is 0 Å². The number of nitrogens with one attached hydrogen (secondary N) is 1. The highest BCUT2D eigenvalue weighted by molar-refractivity contribution is 6.33. The van der Waals surface area contributed by atoms with Crippen molar-refractivity contribution in [3.63, 3.8) is 0 Å². The van der Waals surface area contributed by atoms with Gasteiger partial charge in [0, 0.05) is 11.1 Å². The Morgan fingerprint density at radius 2 is 1.78 bits per heavy atom. The molecule has 3 nitrogen and oxygen atoms in total. The van der Waals surface area contributed by atoms with E-state index in [0.717, 1.165) is 27.7 Å². The summed E-state index contributed by atoms with van der Waals surface area (Å²) in [5, 5.41) is 4.48. The quantitative estimate of drug-likeness (QED) is 0.759. The number of benzene rings is 2. The summed E-state index contributed by atoms with van der Waals surface area (Å²) < 4.78 is 0. The Kier molecular flexibility index (Phi) is 4.30. The minimum Gasteiger partial charge on any atom is -0.324 e. The molecule has 3 aromatic rings. The molecule has 0 aliphatic rings. The normalized spacial score (nSPS) is 10.7. The van der Waals surface area contributed by atoms with E-state index in [-0.39, 0.29) is 12.3 Å². The predicted octanol–water partition coefficient (Wildman–Crippen LogP) is 4.69. The van der Waals surface area contributed by atoms with E-state index in [1.54, 1.807) is 12.1 Å². The summed E-state index contributed by atoms with van der Waals surface area (Å²) in [6, 6.07) is 15.2. The summed E-state index contributed by atoms with van der Waals surface area (Å²) >= 11 is 6.08. The molecule has 4 heteroatoms. The third-order valence-corrected chi connectivity index (χ3v) is 4.30. The number of fused-ring (bicyclic) bond motifs is 1. The molecule has 116 valence electrons. The Morgan fingerprint density at radius 3 is 2.57 bits per heavy atom. The van der Waals surface area contributed by atoms with Crippen molar-refractivity contribution in [3.8, 4) is 0 Å². The Morgan fingerprint density at radius 1 is 1.09 bits per heavy atom. The van der Waals surface area contributed by atoms with Gasteiger partial charge in [-0.15, -0.1) is 0 Å². The Bertz CT molecular complexity index is 890. The molecule has 2 aromatic carbocycles. The second-order valence-electron chi connectivity index (χ2n) is 5.52. The maximum Gasteiger partial charge on any atom is 0.228 e. The van der Waals surface area contributed by atoms with E-state index in [4.69, 9.17) is 11.6 Å². The Hall–Kier alpha value is -2.39. The molecular formula is C19H17ClN2O. The third kappa shape index (κ3) is 3.20. The van der Waals surface area contributed by atoms with Crippen molar-refractivity contribution < 1.29 is 4.79 Å². The van der Waals surface area contributed by atoms with E-state index >= 15 is 0 Å². The number of para-hydroxylation sites is 2. The van der Waals surface area contributed by atoms with Crippen molar-refractivity contribution in [1.29, 1.82) is 0 Å². The first-order valence-electron chi connectivity index (χ1n) is 7.45. The summed E-state index contributed by atoms with van der Waals surface area (Å²) in [4.78, 5) is 17.0. The van der Waals surface area contributed by atoms with E-state index in [0.29, 0.717) is 10.7 Å². The van der Waals surface area contributed by atoms with Gasteiger partial charge in [-0.2, -0.15) is 0 Å². The van der Waals surface area contributed by atoms with Crippen LogP contribution in [0, 0.1) is 13.8 Å². The molecule has 1 amide bonds. The zero-order valence-corrected chi connectivity index (χ0v) is 13.8. The lowest BCUT2D eigenvalue weighted by atomic mass is 9.99. The van der Waals surface area contributed by atoms with Crippen molar-refractivity contribution in [1.82, 2.24) is 4.98 Å². The number of hydrogen-bond donors (Lipinski definition) is 1. The van der Waals surface area contributed by atoms with Crippen LogP contribution >= 0.6 is 11.6 Å². The number of hydrogen-bond acceptors (Lipinski definition) is 2. The fraction of sp³-hybridized carbons (Fsp3) is 0.158. The molecule has 0 spiro atoms. The monoisotopic (exact) mass is 324 g/mol. The van der Waals surface area contributed by atoms with Crippen LogP contribution in [0.15, 0.2) is 48.5 Å². The summed E-state index contributed by atoms with van der Waals surface area (Å²) in [5.41, 5.74) is 4.53. The van der Waals surface area contributed by atoms with Crippen LogP contribution in [0.4, 0.5) is 5.69 Å². The van der Waals surface area contributed by atoms with Gasteiger partial charge in [0.15, 0.2) is 0 Å². The molecule has 0 saturated heterocycles. The lowest BCUT2D eigenvalue weighted by Crippen LogP contribution is -2.16. The zero-order valence-electron chi connectivity index (χ0n) is 13.1. The molecule has 23 heavy (non-hydrogen) atoms. The average molecular weight is 325 g/mol. The van der Waals surface area contributed by atoms with Gasteiger partial charge in [-0.1, -0.05) is 41.9 Å². The third-order valence-electron chi connectivity index (χ3n) is 3.97. The number of pyridine rings is 1. The van der Waals surface area contributed by atoms with Crippen LogP contribution in [0.25, 0.3) is 10.9 Å². The van der Waals surface area contributed by atoms with Gasteiger partial charge >= 0.3 is 0 Å². The van der Waals surface area contributed by atoms with Crippen molar-refractivity contribution in [3.05, 3.63) is 70.4 Å². The van der Waals surface area contributed by atoms with Gasteiger partial charge in [0.1, 0.15) is 0 Å². The van der Waals surface area contributed by atoms with Crippen LogP contribution < -0.4 is 5.32 Å². The largest absolute Gasteiger partial charge is 0.324 e. The summed E-state index contributed by atoms with van der Waals surface area (Å²) in [6.45, 7) is 3.98. The average Bonchev–Trinajstić information content (AvgIpc) is 2.54. The van der Waals surface area contributed by atoms with Crippen LogP contribution in [-0.2, 0) is 11.2 Å². The fourth-order valence-corrected chi connectivity index (χ4v) is 2.93. The number of aryl methyl sites for hydroxylation is 2. The lowest BCUT2D eigenvalue weighted by molar-refractivity contribution is -0.115. The first-order chi connectivity index (χ1) is 11.1. The van der Waals surface area contributed by atoms with E-state index in [1.165, 1.54) is 0 Å². The van der Waals surface area contributed by atoms with E-state index in [9.17, 15) is 4.79 Å². The van der Waals surface area contributed by atoms with Gasteiger partial charge in [0.2, 0.25) is 5.91 Å². The molecule has 1 N–H and O–H groups in total. The molecule has 1 heterocycles. The van der Waals surface area contributed by atoms with Crippen molar-refractivity contribution in [2.45, 2.75) is 20.3 Å². The second-order valence-corrected chi connectivity index (χ2v) is 5.93. The molecule has 3 rings (SSSR count). The predicted molar refractivity (Wildman–Crippen MR) is 95.0 cm³/mol. The Labute approximate surface area is 140 Å². The fourth-order valence-electron chi connectivity index (χ4n) is 2.75. The Balaban J connectivity index is 1.89. The number of anilines is 1. The highest BCUT2D eigenvalue weighted by Gasteiger charge is 2.13. The number of amides is 1. The highest BCUT2D eigenvalue weighted by Crippen LogP contribution is 2.24. The SMILES string of the molecule is Cc1nc2ccccc2c(C)c1CC(=O)Nc1ccccc1Cl. The van der Waals surface area contributed by atoms with Crippen molar-refractivity contribution in [2.75, 3.05) is 5.32 Å². The number of halogens is 1. The summed E-state index contributed by atoms with van der Waals surface area (Å²) in [7, 11) is 0. The first kappa shape index (κ1) is 15.5. The van der Waals surface area contributed by atoms with Gasteiger partial charge in [-0.3, -0.25) is 9.78 Å². The number of carbonyl (C=O) groups excluding carboxylic acids is 1. The maximum absolute atomic E-state index is 12.4. The van der Waals surface area contributed by atoms with Crippen LogP contribution in [0.1, 0.15) is 16.8 Å². The zero-order chi connectivity index (χ0) is 16.4. The van der Waals surface area contributed by atoms with Gasteiger partial charge in [0.25, 0.3) is 0 Å². The molecular weight excluding hydrogens is 308 g/mol. The molecule has 0 aliphatic carbocycles. The molecule has 0 aliphatic heterocycles. The highest BCUT2D eigenvalue weighted by atomic mass is 35.5. The molecule has 0 bridgehead atoms. The second kappa shape index (κ2) is 6.39. The smallest absolute Gasteiger partial charge is 0.228 e. The molecule has 0 fully saturated rings. The van der Waals surface area contributed by atoms with Crippen LogP contribution in [0.5, 0.6) is 0 Å². The van der Waals surface area contributed by atoms with Crippen molar-refractivity contribution in [2.24, 2.45) is 0 Å². The maximum atomic E-state index is 12.4. The molecule has 0 saturated carbocycles. The number of rotatable bonds is 3. The van der Waals surface area contributed by atoms with E-state index in [1.807, 2.05) is 50.2 Å². The molecule has 0 unspecified atom stereocenters. The van der Waals surface area contributed by atoms with E-state index in [2.05, 4.69) is 10.3 Å². The number of nitrogens with zero attached hydrogens (tertiary/aromatic N) is 1. The van der Waals surface area contributed by atoms with Gasteiger partial charge in [-0.05, 0) is 43.2 Å². The summed E-state index contributed by atoms with van der Waals surface area (Å²) in [5.74, 6) is -0.0959. The summed E-state index contributed by atoms with van der Waals surface area (Å²) in [6.07, 6.45) is 0.278. The van der Waals surface area contributed by atoms with Crippen molar-refractivity contribution >= 4 is 34.1 Å². The van der Waals surface area contributed by atoms with Gasteiger partial charge < -0.3 is 5.32 Å². The first-order valence-corrected chi connectivity index (χ1v) is 7.83. The minimum absolute atomic E-state index is 0.0959. The molecule has 0 atom stereocenters. The van der Waals surface area contributed by atoms with Crippen LogP contribution in [-0.4, -0.2) is 10.9 Å². The number of carbonyl (C=O) groups is 1. The van der Waals surface area contributed by atoms with Gasteiger partial charge in [-0.25, -0.2) is 0 Å². The minimum atomic E-state index is -0.0959.